The Morgan fingerprint density at radius 1 is 0.516 bits per heavy atom. The molecule has 0 aliphatic rings. The molecule has 0 saturated carbocycles. The fourth-order valence-corrected chi connectivity index (χ4v) is 7.11. The number of hydrogen-bond donors (Lipinski definition) is 0. The Hall–Kier alpha value is -7.58. The van der Waals surface area contributed by atoms with Crippen molar-refractivity contribution in [2.24, 2.45) is 0 Å². The third-order valence-electron chi connectivity index (χ3n) is 10.6. The van der Waals surface area contributed by atoms with Crippen LogP contribution in [0.1, 0.15) is 64.4 Å². The number of hydrogen-bond acceptors (Lipinski definition) is 8. The van der Waals surface area contributed by atoms with E-state index < -0.39 is 5.97 Å². The summed E-state index contributed by atoms with van der Waals surface area (Å²) in [4.78, 5) is 26.8. The number of esters is 2. The molecule has 0 fully saturated rings. The lowest BCUT2D eigenvalue weighted by Gasteiger charge is -2.26. The molecule has 7 aromatic rings. The van der Waals surface area contributed by atoms with Crippen molar-refractivity contribution in [3.63, 3.8) is 0 Å². The van der Waals surface area contributed by atoms with E-state index in [0.29, 0.717) is 28.7 Å². The Kier molecular flexibility index (Phi) is 14.7. The highest BCUT2D eigenvalue weighted by molar-refractivity contribution is 5.92. The molecular formula is C56H55NO7. The van der Waals surface area contributed by atoms with Crippen molar-refractivity contribution >= 4 is 40.6 Å². The summed E-state index contributed by atoms with van der Waals surface area (Å²) >= 11 is 0. The Morgan fingerprint density at radius 2 is 0.938 bits per heavy atom. The van der Waals surface area contributed by atoms with Gasteiger partial charge < -0.3 is 28.6 Å². The van der Waals surface area contributed by atoms with Gasteiger partial charge in [0, 0.05) is 24.0 Å². The predicted molar refractivity (Wildman–Crippen MR) is 258 cm³/mol. The quantitative estimate of drug-likeness (QED) is 0.0608. The zero-order valence-electron chi connectivity index (χ0n) is 36.9. The lowest BCUT2D eigenvalue weighted by molar-refractivity contribution is -0.136. The standard InChI is InChI=1S/C55H51NO7.CH4/c1-35-9-19-45(20-10-35)56(46-21-11-36(2)12-22-46)47-23-13-42(14-24-47)33-50(43-15-25-48(59-8)26-16-43)44-17-27-49(28-18-44)62-55(58)34-60-51-29-38(4)53(30-37(51)3)63-54-32-39(5)52(31-40(54)6)61-41(7)57;/h9-33H,34H2,1-8H3;1H4. The zero-order valence-corrected chi connectivity index (χ0v) is 36.9. The molecular weight excluding hydrogens is 799 g/mol. The van der Waals surface area contributed by atoms with Crippen LogP contribution in [0.15, 0.2) is 146 Å². The van der Waals surface area contributed by atoms with Gasteiger partial charge in [0.25, 0.3) is 0 Å². The van der Waals surface area contributed by atoms with Crippen LogP contribution in [0.4, 0.5) is 17.1 Å². The smallest absolute Gasteiger partial charge is 0.349 e. The summed E-state index contributed by atoms with van der Waals surface area (Å²) in [5.74, 6) is 2.60. The van der Waals surface area contributed by atoms with E-state index in [1.807, 2.05) is 82.3 Å². The summed E-state index contributed by atoms with van der Waals surface area (Å²) in [6.07, 6.45) is 2.16. The van der Waals surface area contributed by atoms with E-state index in [2.05, 4.69) is 97.6 Å². The highest BCUT2D eigenvalue weighted by Gasteiger charge is 2.16. The van der Waals surface area contributed by atoms with Crippen molar-refractivity contribution in [2.45, 2.75) is 55.9 Å². The second-order valence-corrected chi connectivity index (χ2v) is 15.6. The molecule has 0 heterocycles. The number of anilines is 3. The molecule has 0 spiro atoms. The van der Waals surface area contributed by atoms with Gasteiger partial charge in [-0.3, -0.25) is 4.79 Å². The molecule has 0 atom stereocenters. The van der Waals surface area contributed by atoms with E-state index in [9.17, 15) is 9.59 Å². The molecule has 0 N–H and O–H groups in total. The zero-order chi connectivity index (χ0) is 44.6. The summed E-state index contributed by atoms with van der Waals surface area (Å²) in [6.45, 7) is 12.8. The van der Waals surface area contributed by atoms with E-state index in [4.69, 9.17) is 23.7 Å². The van der Waals surface area contributed by atoms with Gasteiger partial charge in [0.1, 0.15) is 34.5 Å². The molecule has 0 saturated heterocycles. The van der Waals surface area contributed by atoms with Crippen molar-refractivity contribution in [2.75, 3.05) is 18.6 Å². The maximum absolute atomic E-state index is 13.1. The summed E-state index contributed by atoms with van der Waals surface area (Å²) < 4.78 is 28.7. The van der Waals surface area contributed by atoms with Crippen molar-refractivity contribution in [1.82, 2.24) is 0 Å². The second-order valence-electron chi connectivity index (χ2n) is 15.6. The van der Waals surface area contributed by atoms with Gasteiger partial charge in [-0.2, -0.15) is 0 Å². The molecule has 0 radical (unpaired) electrons. The predicted octanol–water partition coefficient (Wildman–Crippen LogP) is 13.9. The Morgan fingerprint density at radius 3 is 1.42 bits per heavy atom. The first-order valence-corrected chi connectivity index (χ1v) is 20.8. The Labute approximate surface area is 377 Å². The van der Waals surface area contributed by atoms with Gasteiger partial charge in [-0.1, -0.05) is 79.2 Å². The monoisotopic (exact) mass is 853 g/mol. The van der Waals surface area contributed by atoms with Gasteiger partial charge >= 0.3 is 11.9 Å². The molecule has 0 aromatic heterocycles. The number of aryl methyl sites for hydroxylation is 6. The maximum Gasteiger partial charge on any atom is 0.349 e. The van der Waals surface area contributed by atoms with E-state index >= 15 is 0 Å². The van der Waals surface area contributed by atoms with Crippen molar-refractivity contribution in [3.8, 4) is 34.5 Å². The Bertz CT molecular complexity index is 2710. The SMILES string of the molecule is C.COc1ccc(C(=Cc2ccc(N(c3ccc(C)cc3)c3ccc(C)cc3)cc2)c2ccc(OC(=O)COc3cc(C)c(Oc4cc(C)c(OC(C)=O)cc4C)cc3C)cc2)cc1. The first-order valence-electron chi connectivity index (χ1n) is 20.8. The highest BCUT2D eigenvalue weighted by atomic mass is 16.6. The summed E-state index contributed by atoms with van der Waals surface area (Å²) in [6, 6.07) is 48.5. The Balaban J connectivity index is 0.00000680. The number of nitrogens with zero attached hydrogens (tertiary/aromatic N) is 1. The third-order valence-corrected chi connectivity index (χ3v) is 10.6. The molecule has 7 rings (SSSR count). The number of ether oxygens (including phenoxy) is 5. The molecule has 0 aliphatic heterocycles. The van der Waals surface area contributed by atoms with Crippen LogP contribution in [0.3, 0.4) is 0 Å². The van der Waals surface area contributed by atoms with Crippen LogP contribution in [-0.4, -0.2) is 25.7 Å². The van der Waals surface area contributed by atoms with Gasteiger partial charge in [0.05, 0.1) is 7.11 Å². The summed E-state index contributed by atoms with van der Waals surface area (Å²) in [5, 5.41) is 0. The minimum absolute atomic E-state index is 0. The molecule has 326 valence electrons. The topological polar surface area (TPSA) is 83.5 Å². The van der Waals surface area contributed by atoms with E-state index in [1.54, 1.807) is 25.3 Å². The largest absolute Gasteiger partial charge is 0.497 e. The van der Waals surface area contributed by atoms with E-state index in [-0.39, 0.29) is 20.0 Å². The summed E-state index contributed by atoms with van der Waals surface area (Å²) in [7, 11) is 1.65. The second kappa shape index (κ2) is 20.5. The van der Waals surface area contributed by atoms with Crippen molar-refractivity contribution in [1.29, 1.82) is 0 Å². The van der Waals surface area contributed by atoms with Gasteiger partial charge in [-0.25, -0.2) is 4.79 Å². The minimum Gasteiger partial charge on any atom is -0.497 e. The number of benzene rings is 7. The van der Waals surface area contributed by atoms with E-state index in [0.717, 1.165) is 67.3 Å². The molecule has 0 bridgehead atoms. The molecule has 0 aliphatic carbocycles. The van der Waals surface area contributed by atoms with Crippen LogP contribution in [-0.2, 0) is 9.59 Å². The van der Waals surface area contributed by atoms with Crippen LogP contribution in [0.2, 0.25) is 0 Å². The van der Waals surface area contributed by atoms with Gasteiger partial charge in [0.2, 0.25) is 0 Å². The molecule has 8 heteroatoms. The van der Waals surface area contributed by atoms with Gasteiger partial charge in [0.15, 0.2) is 6.61 Å². The lowest BCUT2D eigenvalue weighted by Crippen LogP contribution is -2.18. The average molecular weight is 854 g/mol. The number of methoxy groups -OCH3 is 1. The molecule has 7 aromatic carbocycles. The van der Waals surface area contributed by atoms with Crippen LogP contribution in [0, 0.1) is 41.5 Å². The highest BCUT2D eigenvalue weighted by Crippen LogP contribution is 2.38. The van der Waals surface area contributed by atoms with Crippen LogP contribution >= 0.6 is 0 Å². The fraction of sp³-hybridized carbons (Fsp3) is 0.179. The first-order chi connectivity index (χ1) is 30.3. The van der Waals surface area contributed by atoms with Crippen LogP contribution in [0.25, 0.3) is 11.6 Å². The minimum atomic E-state index is -0.532. The number of rotatable bonds is 14. The lowest BCUT2D eigenvalue weighted by atomic mass is 9.95. The van der Waals surface area contributed by atoms with Crippen molar-refractivity contribution in [3.05, 3.63) is 196 Å². The van der Waals surface area contributed by atoms with Crippen LogP contribution < -0.4 is 28.6 Å². The normalized spacial score (nSPS) is 11.0. The fourth-order valence-electron chi connectivity index (χ4n) is 7.11. The average Bonchev–Trinajstić information content (AvgIpc) is 3.27. The molecule has 64 heavy (non-hydrogen) atoms. The molecule has 0 amide bonds. The molecule has 0 unspecified atom stereocenters. The summed E-state index contributed by atoms with van der Waals surface area (Å²) in [5.41, 5.74) is 12.8. The number of carbonyl (C=O) groups is 2. The van der Waals surface area contributed by atoms with E-state index in [1.165, 1.54) is 18.1 Å². The first kappa shape index (κ1) is 45.9. The maximum atomic E-state index is 13.1. The van der Waals surface area contributed by atoms with Gasteiger partial charge in [-0.05, 0) is 177 Å². The molecule has 8 nitrogen and oxygen atoms in total. The third kappa shape index (κ3) is 11.3. The van der Waals surface area contributed by atoms with Crippen molar-refractivity contribution < 1.29 is 33.3 Å². The van der Waals surface area contributed by atoms with Crippen LogP contribution in [0.5, 0.6) is 34.5 Å². The number of carbonyl (C=O) groups excluding carboxylic acids is 2. The van der Waals surface area contributed by atoms with Gasteiger partial charge in [-0.15, -0.1) is 0 Å².